The molecule has 0 saturated heterocycles. The van der Waals surface area contributed by atoms with E-state index in [1.165, 1.54) is 110 Å². The zero-order valence-corrected chi connectivity index (χ0v) is 46.2. The third-order valence-corrected chi connectivity index (χ3v) is 16.4. The van der Waals surface area contributed by atoms with Crippen LogP contribution in [0.3, 0.4) is 0 Å². The van der Waals surface area contributed by atoms with Crippen LogP contribution in [-0.4, -0.2) is 26.3 Å². The van der Waals surface area contributed by atoms with Gasteiger partial charge in [0.1, 0.15) is 0 Å². The van der Waals surface area contributed by atoms with Crippen LogP contribution in [0.5, 0.6) is 0 Å². The van der Waals surface area contributed by atoms with Gasteiger partial charge >= 0.3 is 7.12 Å². The molecule has 0 atom stereocenters. The van der Waals surface area contributed by atoms with Gasteiger partial charge in [0.15, 0.2) is 0 Å². The summed E-state index contributed by atoms with van der Waals surface area (Å²) < 4.78 is 5.81. The molecule has 0 unspecified atom stereocenters. The Morgan fingerprint density at radius 1 is 0.256 bits per heavy atom. The predicted molar refractivity (Wildman–Crippen MR) is 352 cm³/mol. The molecule has 0 amide bonds. The van der Waals surface area contributed by atoms with Gasteiger partial charge in [-0.1, -0.05) is 234 Å². The number of rotatable bonds is 6. The average molecular weight is 1120 g/mol. The smallest absolute Gasteiger partial charge is 0.423 e. The molecule has 0 radical (unpaired) electrons. The van der Waals surface area contributed by atoms with E-state index in [2.05, 4.69) is 274 Å². The summed E-state index contributed by atoms with van der Waals surface area (Å²) in [6.45, 7) is 0. The van der Waals surface area contributed by atoms with Crippen LogP contribution >= 0.6 is 15.9 Å². The number of nitrogens with zero attached hydrogens (tertiary/aromatic N) is 2. The molecule has 0 saturated carbocycles. The van der Waals surface area contributed by atoms with Gasteiger partial charge in [-0.05, 0) is 167 Å². The molecule has 0 spiro atoms. The van der Waals surface area contributed by atoms with E-state index >= 15 is 0 Å². The molecule has 16 rings (SSSR count). The van der Waals surface area contributed by atoms with Crippen molar-refractivity contribution in [1.29, 1.82) is 0 Å². The second-order valence-corrected chi connectivity index (χ2v) is 21.6. The summed E-state index contributed by atoms with van der Waals surface area (Å²) in [5.74, 6) is 0. The Hall–Kier alpha value is -9.82. The fourth-order valence-electron chi connectivity index (χ4n) is 12.1. The Labute approximate surface area is 483 Å². The van der Waals surface area contributed by atoms with Crippen LogP contribution in [0.4, 0.5) is 0 Å². The Morgan fingerprint density at radius 2 is 0.646 bits per heavy atom. The van der Waals surface area contributed by atoms with E-state index in [0.717, 1.165) is 26.0 Å². The summed E-state index contributed by atoms with van der Waals surface area (Å²) in [4.78, 5) is 0. The molecule has 388 valence electrons. The number of hydrogen-bond donors (Lipinski definition) is 2. The van der Waals surface area contributed by atoms with E-state index < -0.39 is 7.12 Å². The minimum absolute atomic E-state index is 0.555. The molecule has 6 heteroatoms. The van der Waals surface area contributed by atoms with Crippen LogP contribution in [0.1, 0.15) is 0 Å². The molecular formula is C76H52BBrN2O2. The zero-order chi connectivity index (χ0) is 55.1. The predicted octanol–water partition coefficient (Wildman–Crippen LogP) is 19.3. The lowest BCUT2D eigenvalue weighted by Crippen LogP contribution is -2.30. The average Bonchev–Trinajstić information content (AvgIpc) is 3.96. The van der Waals surface area contributed by atoms with Crippen molar-refractivity contribution in [2.75, 3.05) is 0 Å². The number of fused-ring (bicyclic) bond motifs is 12. The molecule has 2 N–H and O–H groups in total. The lowest BCUT2D eigenvalue weighted by Gasteiger charge is -2.12. The quantitative estimate of drug-likeness (QED) is 0.129. The molecule has 0 aliphatic carbocycles. The van der Waals surface area contributed by atoms with Gasteiger partial charge in [0.25, 0.3) is 0 Å². The second-order valence-electron chi connectivity index (χ2n) is 20.7. The molecule has 14 aromatic carbocycles. The molecular weight excluding hydrogens is 1060 g/mol. The first-order chi connectivity index (χ1) is 40.4. The summed E-state index contributed by atoms with van der Waals surface area (Å²) in [6, 6.07) is 107. The highest BCUT2D eigenvalue weighted by molar-refractivity contribution is 9.10. The number of benzene rings is 14. The Kier molecular flexibility index (Phi) is 13.3. The van der Waals surface area contributed by atoms with Crippen molar-refractivity contribution in [3.63, 3.8) is 0 Å². The van der Waals surface area contributed by atoms with Crippen molar-refractivity contribution in [2.24, 2.45) is 0 Å². The highest BCUT2D eigenvalue weighted by Gasteiger charge is 2.18. The maximum Gasteiger partial charge on any atom is 0.489 e. The van der Waals surface area contributed by atoms with Crippen LogP contribution in [0.25, 0.3) is 131 Å². The number of hydrogen-bond acceptors (Lipinski definition) is 2. The van der Waals surface area contributed by atoms with Crippen molar-refractivity contribution in [3.05, 3.63) is 308 Å². The first-order valence-electron chi connectivity index (χ1n) is 27.6. The number of halogens is 1. The first kappa shape index (κ1) is 50.4. The third-order valence-electron chi connectivity index (χ3n) is 15.9. The normalized spacial score (nSPS) is 11.4. The van der Waals surface area contributed by atoms with Crippen LogP contribution < -0.4 is 5.46 Å². The van der Waals surface area contributed by atoms with Gasteiger partial charge < -0.3 is 19.2 Å². The zero-order valence-electron chi connectivity index (χ0n) is 44.6. The minimum atomic E-state index is -1.44. The molecule has 0 fully saturated rings. The Morgan fingerprint density at radius 3 is 1.18 bits per heavy atom. The van der Waals surface area contributed by atoms with E-state index in [1.807, 2.05) is 54.6 Å². The second kappa shape index (κ2) is 21.7. The van der Waals surface area contributed by atoms with Crippen LogP contribution in [0.15, 0.2) is 308 Å². The van der Waals surface area contributed by atoms with Gasteiger partial charge in [-0.3, -0.25) is 0 Å². The molecule has 16 aromatic rings. The first-order valence-corrected chi connectivity index (χ1v) is 28.4. The van der Waals surface area contributed by atoms with E-state index in [1.54, 1.807) is 0 Å². The number of aromatic nitrogens is 2. The van der Waals surface area contributed by atoms with Crippen molar-refractivity contribution in [3.8, 4) is 44.8 Å². The van der Waals surface area contributed by atoms with E-state index in [0.29, 0.717) is 5.46 Å². The van der Waals surface area contributed by atoms with Gasteiger partial charge in [0.05, 0.1) is 22.1 Å². The van der Waals surface area contributed by atoms with Gasteiger partial charge in [0, 0.05) is 37.4 Å². The third kappa shape index (κ3) is 9.29. The highest BCUT2D eigenvalue weighted by Crippen LogP contribution is 2.40. The minimum Gasteiger partial charge on any atom is -0.423 e. The van der Waals surface area contributed by atoms with Crippen LogP contribution in [-0.2, 0) is 0 Å². The Bertz CT molecular complexity index is 5050. The van der Waals surface area contributed by atoms with E-state index in [9.17, 15) is 10.0 Å². The molecule has 82 heavy (non-hydrogen) atoms. The summed E-state index contributed by atoms with van der Waals surface area (Å²) in [6.07, 6.45) is 0. The highest BCUT2D eigenvalue weighted by atomic mass is 79.9. The van der Waals surface area contributed by atoms with E-state index in [4.69, 9.17) is 0 Å². The summed E-state index contributed by atoms with van der Waals surface area (Å²) in [5.41, 5.74) is 15.3. The summed E-state index contributed by atoms with van der Waals surface area (Å²) in [7, 11) is -1.44. The lowest BCUT2D eigenvalue weighted by atomic mass is 9.76. The van der Waals surface area contributed by atoms with Gasteiger partial charge in [0.2, 0.25) is 0 Å². The van der Waals surface area contributed by atoms with E-state index in [-0.39, 0.29) is 0 Å². The van der Waals surface area contributed by atoms with Gasteiger partial charge in [-0.2, -0.15) is 0 Å². The van der Waals surface area contributed by atoms with Crippen LogP contribution in [0, 0.1) is 0 Å². The van der Waals surface area contributed by atoms with Crippen molar-refractivity contribution >= 4 is 115 Å². The lowest BCUT2D eigenvalue weighted by molar-refractivity contribution is 0.426. The molecule has 2 heterocycles. The fourth-order valence-corrected chi connectivity index (χ4v) is 12.5. The molecule has 0 aliphatic heterocycles. The SMILES string of the molecule is Brc1cccc(-c2ccc3c(c2)c2ccccc2n3-c2ccccc2)c1.OB(O)c1cc2ccccc2c2ccccc12.c1ccc(-n2c3ccccc3c3cc(-c4cccc(-c5cc6ccccc6c6ccccc56)c4)ccc32)cc1. The van der Waals surface area contributed by atoms with Crippen LogP contribution in [0.2, 0.25) is 0 Å². The Balaban J connectivity index is 0.000000120. The van der Waals surface area contributed by atoms with Gasteiger partial charge in [-0.15, -0.1) is 0 Å². The molecule has 0 aliphatic rings. The number of para-hydroxylation sites is 4. The maximum absolute atomic E-state index is 9.44. The molecule has 2 aromatic heterocycles. The standard InChI is InChI=1S/C38H25N.C24H16BrN.C14H11BO2/c1-2-14-30(15-3-1)39-37-20-9-8-19-34(37)36-24-27(21-22-38(36)39)26-12-10-13-28(23-26)35-25-29-11-4-5-16-31(29)32-17-6-7-18-33(32)35;25-19-8-6-7-17(15-19)18-13-14-24-22(16-18)21-11-4-5-12-23(21)26(24)20-9-2-1-3-10-20;16-15(17)14-9-10-5-1-2-6-11(10)12-7-3-4-8-13(12)14/h1-25H;1-16H;1-9,16-17H. The molecule has 0 bridgehead atoms. The largest absolute Gasteiger partial charge is 0.489 e. The van der Waals surface area contributed by atoms with Crippen molar-refractivity contribution in [1.82, 2.24) is 9.13 Å². The summed E-state index contributed by atoms with van der Waals surface area (Å²) >= 11 is 3.58. The maximum atomic E-state index is 9.44. The van der Waals surface area contributed by atoms with Gasteiger partial charge in [-0.25, -0.2) is 0 Å². The topological polar surface area (TPSA) is 50.3 Å². The van der Waals surface area contributed by atoms with Crippen molar-refractivity contribution < 1.29 is 10.0 Å². The fraction of sp³-hybridized carbons (Fsp3) is 0. The molecule has 4 nitrogen and oxygen atoms in total. The van der Waals surface area contributed by atoms with Crippen molar-refractivity contribution in [2.45, 2.75) is 0 Å². The summed E-state index contributed by atoms with van der Waals surface area (Å²) in [5, 5.41) is 33.2. The monoisotopic (exact) mass is 1110 g/mol.